The molecule has 6 nitrogen and oxygen atoms in total. The zero-order chi connectivity index (χ0) is 42.3. The molecule has 0 aliphatic carbocycles. The van der Waals surface area contributed by atoms with Crippen LogP contribution in [0, 0.1) is 0 Å². The van der Waals surface area contributed by atoms with E-state index in [-0.39, 0.29) is 18.5 Å². The highest BCUT2D eigenvalue weighted by Crippen LogP contribution is 2.15. The second-order valence-corrected chi connectivity index (χ2v) is 17.5. The number of esters is 1. The Bertz CT molecular complexity index is 904. The average Bonchev–Trinajstić information content (AvgIpc) is 3.22. The lowest BCUT2D eigenvalue weighted by Crippen LogP contribution is -2.45. The molecule has 2 atom stereocenters. The molecule has 3 N–H and O–H groups in total. The highest BCUT2D eigenvalue weighted by atomic mass is 16.5. The van der Waals surface area contributed by atoms with Crippen LogP contribution in [-0.2, 0) is 14.3 Å². The Morgan fingerprint density at radius 3 is 1.22 bits per heavy atom. The number of amides is 1. The molecule has 0 bridgehead atoms. The van der Waals surface area contributed by atoms with Crippen LogP contribution in [0.2, 0.25) is 0 Å². The van der Waals surface area contributed by atoms with Gasteiger partial charge in [0.2, 0.25) is 5.91 Å². The summed E-state index contributed by atoms with van der Waals surface area (Å²) in [7, 11) is 0. The summed E-state index contributed by atoms with van der Waals surface area (Å²) in [6, 6.07) is -0.644. The van der Waals surface area contributed by atoms with E-state index in [9.17, 15) is 19.8 Å². The lowest BCUT2D eigenvalue weighted by molar-refractivity contribution is -0.143. The highest BCUT2D eigenvalue weighted by molar-refractivity contribution is 5.76. The van der Waals surface area contributed by atoms with E-state index in [1.807, 2.05) is 6.08 Å². The summed E-state index contributed by atoms with van der Waals surface area (Å²) in [5, 5.41) is 23.0. The van der Waals surface area contributed by atoms with Crippen molar-refractivity contribution in [1.29, 1.82) is 0 Å². The summed E-state index contributed by atoms with van der Waals surface area (Å²) >= 11 is 0. The predicted molar refractivity (Wildman–Crippen MR) is 250 cm³/mol. The molecule has 1 amide bonds. The van der Waals surface area contributed by atoms with Crippen molar-refractivity contribution in [2.75, 3.05) is 13.2 Å². The van der Waals surface area contributed by atoms with E-state index in [2.05, 4.69) is 31.3 Å². The second-order valence-electron chi connectivity index (χ2n) is 17.5. The second kappa shape index (κ2) is 48.0. The molecule has 0 aromatic carbocycles. The third-order valence-corrected chi connectivity index (χ3v) is 11.7. The summed E-state index contributed by atoms with van der Waals surface area (Å²) in [5.74, 6) is -0.115. The Morgan fingerprint density at radius 2 is 0.810 bits per heavy atom. The molecule has 0 radical (unpaired) electrons. The van der Waals surface area contributed by atoms with Crippen LogP contribution in [0.4, 0.5) is 0 Å². The fourth-order valence-electron chi connectivity index (χ4n) is 7.74. The minimum atomic E-state index is -0.858. The van der Waals surface area contributed by atoms with Gasteiger partial charge in [0.15, 0.2) is 0 Å². The molecule has 0 aromatic rings. The first-order valence-corrected chi connectivity index (χ1v) is 25.6. The highest BCUT2D eigenvalue weighted by Gasteiger charge is 2.18. The third kappa shape index (κ3) is 43.9. The Hall–Kier alpha value is -1.66. The Kier molecular flexibility index (Phi) is 46.6. The van der Waals surface area contributed by atoms with Gasteiger partial charge in [-0.15, -0.1) is 0 Å². The van der Waals surface area contributed by atoms with Gasteiger partial charge in [-0.3, -0.25) is 9.59 Å². The van der Waals surface area contributed by atoms with Crippen LogP contribution in [0.15, 0.2) is 24.3 Å². The minimum Gasteiger partial charge on any atom is -0.466 e. The van der Waals surface area contributed by atoms with Crippen LogP contribution in [-0.4, -0.2) is 47.4 Å². The SMILES string of the molecule is CCCCCCCC/C=C\CCCCCCCCCC(=O)OCCCCCCCCCCCCC(=O)NC(CO)C(O)/C=C/CCCCCCCCCCCCCC. The lowest BCUT2D eigenvalue weighted by Gasteiger charge is -2.20. The minimum absolute atomic E-state index is 0.0245. The Balaban J connectivity index is 3.50. The number of aliphatic hydroxyl groups is 2. The summed E-state index contributed by atoms with van der Waals surface area (Å²) in [4.78, 5) is 24.5. The van der Waals surface area contributed by atoms with Gasteiger partial charge >= 0.3 is 5.97 Å². The standard InChI is InChI=1S/C52H99NO5/c1-3-5-7-9-11-13-15-17-19-20-21-23-25-30-34-38-42-46-52(57)58-47-43-39-35-31-27-26-29-33-37-41-45-51(56)53-49(48-54)50(55)44-40-36-32-28-24-22-18-16-14-12-10-8-6-4-2/h17,19,40,44,49-50,54-55H,3-16,18,20-39,41-43,45-48H2,1-2H3,(H,53,56)/b19-17-,44-40+. The van der Waals surface area contributed by atoms with Crippen molar-refractivity contribution < 1.29 is 24.5 Å². The molecule has 6 heteroatoms. The summed E-state index contributed by atoms with van der Waals surface area (Å²) < 4.78 is 5.46. The van der Waals surface area contributed by atoms with E-state index in [1.165, 1.54) is 186 Å². The number of hydrogen-bond donors (Lipinski definition) is 3. The summed E-state index contributed by atoms with van der Waals surface area (Å²) in [6.07, 6.45) is 56.0. The first-order valence-electron chi connectivity index (χ1n) is 25.6. The van der Waals surface area contributed by atoms with Crippen molar-refractivity contribution in [1.82, 2.24) is 5.32 Å². The van der Waals surface area contributed by atoms with Gasteiger partial charge in [0.05, 0.1) is 25.4 Å². The van der Waals surface area contributed by atoms with E-state index >= 15 is 0 Å². The van der Waals surface area contributed by atoms with Crippen LogP contribution in [0.1, 0.15) is 271 Å². The maximum Gasteiger partial charge on any atom is 0.305 e. The molecular weight excluding hydrogens is 719 g/mol. The molecule has 0 fully saturated rings. The maximum absolute atomic E-state index is 12.4. The van der Waals surface area contributed by atoms with Crippen molar-refractivity contribution in [2.24, 2.45) is 0 Å². The molecule has 2 unspecified atom stereocenters. The number of unbranched alkanes of at least 4 members (excludes halogenated alkanes) is 34. The first-order chi connectivity index (χ1) is 28.5. The predicted octanol–water partition coefficient (Wildman–Crippen LogP) is 15.1. The molecule has 0 aliphatic rings. The molecule has 0 saturated carbocycles. The van der Waals surface area contributed by atoms with Crippen molar-refractivity contribution in [3.8, 4) is 0 Å². The zero-order valence-electron chi connectivity index (χ0n) is 38.8. The largest absolute Gasteiger partial charge is 0.466 e. The fourth-order valence-corrected chi connectivity index (χ4v) is 7.74. The molecular formula is C52H99NO5. The van der Waals surface area contributed by atoms with Gasteiger partial charge in [0.1, 0.15) is 0 Å². The Labute approximate surface area is 361 Å². The van der Waals surface area contributed by atoms with Crippen molar-refractivity contribution in [3.05, 3.63) is 24.3 Å². The zero-order valence-corrected chi connectivity index (χ0v) is 38.8. The van der Waals surface area contributed by atoms with E-state index in [1.54, 1.807) is 6.08 Å². The lowest BCUT2D eigenvalue weighted by atomic mass is 10.0. The van der Waals surface area contributed by atoms with Crippen LogP contribution in [0.25, 0.3) is 0 Å². The molecule has 0 heterocycles. The maximum atomic E-state index is 12.4. The summed E-state index contributed by atoms with van der Waals surface area (Å²) in [5.41, 5.74) is 0. The van der Waals surface area contributed by atoms with Crippen LogP contribution >= 0.6 is 0 Å². The van der Waals surface area contributed by atoms with Gasteiger partial charge in [-0.25, -0.2) is 0 Å². The number of carbonyl (C=O) groups excluding carboxylic acids is 2. The van der Waals surface area contributed by atoms with Gasteiger partial charge in [-0.05, 0) is 57.8 Å². The molecule has 0 rings (SSSR count). The topological polar surface area (TPSA) is 95.9 Å². The Morgan fingerprint density at radius 1 is 0.466 bits per heavy atom. The normalized spacial score (nSPS) is 12.8. The number of aliphatic hydroxyl groups excluding tert-OH is 2. The van der Waals surface area contributed by atoms with Crippen LogP contribution < -0.4 is 5.32 Å². The quantitative estimate of drug-likeness (QED) is 0.0323. The number of allylic oxidation sites excluding steroid dienone is 3. The van der Waals surface area contributed by atoms with E-state index in [0.29, 0.717) is 19.4 Å². The van der Waals surface area contributed by atoms with E-state index in [0.717, 1.165) is 57.8 Å². The molecule has 0 spiro atoms. The molecule has 0 saturated heterocycles. The first kappa shape index (κ1) is 56.3. The van der Waals surface area contributed by atoms with Crippen molar-refractivity contribution in [3.63, 3.8) is 0 Å². The van der Waals surface area contributed by atoms with E-state index in [4.69, 9.17) is 4.74 Å². The van der Waals surface area contributed by atoms with E-state index < -0.39 is 12.1 Å². The molecule has 58 heavy (non-hydrogen) atoms. The molecule has 342 valence electrons. The number of nitrogens with one attached hydrogen (secondary N) is 1. The van der Waals surface area contributed by atoms with Gasteiger partial charge in [-0.2, -0.15) is 0 Å². The van der Waals surface area contributed by atoms with Gasteiger partial charge in [-0.1, -0.05) is 224 Å². The fraction of sp³-hybridized carbons (Fsp3) is 0.885. The molecule has 0 aliphatic heterocycles. The summed E-state index contributed by atoms with van der Waals surface area (Å²) in [6.45, 7) is 4.84. The number of ether oxygens (including phenoxy) is 1. The molecule has 0 aromatic heterocycles. The average molecular weight is 818 g/mol. The van der Waals surface area contributed by atoms with Gasteiger partial charge < -0.3 is 20.3 Å². The monoisotopic (exact) mass is 818 g/mol. The smallest absolute Gasteiger partial charge is 0.305 e. The van der Waals surface area contributed by atoms with Crippen LogP contribution in [0.5, 0.6) is 0 Å². The van der Waals surface area contributed by atoms with Crippen LogP contribution in [0.3, 0.4) is 0 Å². The van der Waals surface area contributed by atoms with Gasteiger partial charge in [0, 0.05) is 12.8 Å². The third-order valence-electron chi connectivity index (χ3n) is 11.7. The van der Waals surface area contributed by atoms with Gasteiger partial charge in [0.25, 0.3) is 0 Å². The number of hydrogen-bond acceptors (Lipinski definition) is 5. The van der Waals surface area contributed by atoms with Crippen molar-refractivity contribution >= 4 is 11.9 Å². The van der Waals surface area contributed by atoms with Crippen molar-refractivity contribution in [2.45, 2.75) is 283 Å². The number of carbonyl (C=O) groups is 2. The number of rotatable bonds is 47.